The van der Waals surface area contributed by atoms with Gasteiger partial charge in [0.1, 0.15) is 5.15 Å². The van der Waals surface area contributed by atoms with E-state index >= 15 is 0 Å². The highest BCUT2D eigenvalue weighted by Gasteiger charge is 2.21. The zero-order valence-corrected chi connectivity index (χ0v) is 11.1. The van der Waals surface area contributed by atoms with Crippen LogP contribution >= 0.6 is 11.6 Å². The van der Waals surface area contributed by atoms with E-state index in [4.69, 9.17) is 16.7 Å². The van der Waals surface area contributed by atoms with E-state index in [9.17, 15) is 4.79 Å². The normalized spacial score (nSPS) is 12.5. The highest BCUT2D eigenvalue weighted by molar-refractivity contribution is 6.33. The average Bonchev–Trinajstić information content (AvgIpc) is 2.55. The van der Waals surface area contributed by atoms with Gasteiger partial charge in [0.25, 0.3) is 5.91 Å². The molecule has 17 heavy (non-hydrogen) atoms. The van der Waals surface area contributed by atoms with Crippen LogP contribution in [0.3, 0.4) is 0 Å². The summed E-state index contributed by atoms with van der Waals surface area (Å²) in [5.74, 6) is -0.235. The molecule has 0 bridgehead atoms. The highest BCUT2D eigenvalue weighted by atomic mass is 35.5. The Kier molecular flexibility index (Phi) is 4.96. The summed E-state index contributed by atoms with van der Waals surface area (Å²) in [5.41, 5.74) is 1.12. The quantitative estimate of drug-likeness (QED) is 0.833. The van der Waals surface area contributed by atoms with E-state index in [2.05, 4.69) is 10.4 Å². The number of amides is 1. The predicted octanol–water partition coefficient (Wildman–Crippen LogP) is 1.14. The maximum Gasteiger partial charge on any atom is 0.256 e. The molecule has 2 N–H and O–H groups in total. The van der Waals surface area contributed by atoms with Gasteiger partial charge in [-0.1, -0.05) is 18.5 Å². The summed E-state index contributed by atoms with van der Waals surface area (Å²) in [6.45, 7) is 3.81. The predicted molar refractivity (Wildman–Crippen MR) is 66.2 cm³/mol. The van der Waals surface area contributed by atoms with E-state index in [-0.39, 0.29) is 18.6 Å². The fourth-order valence-corrected chi connectivity index (χ4v) is 1.82. The Hall–Kier alpha value is -1.07. The molecule has 1 rings (SSSR count). The van der Waals surface area contributed by atoms with Gasteiger partial charge in [0.05, 0.1) is 11.3 Å². The summed E-state index contributed by atoms with van der Waals surface area (Å²) in [6, 6.07) is -0.0894. The third kappa shape index (κ3) is 3.20. The Morgan fingerprint density at radius 2 is 2.29 bits per heavy atom. The third-order valence-electron chi connectivity index (χ3n) is 2.55. The standard InChI is InChI=1S/C11H18ClN3O2/c1-4-8-9(10(12)15(3)14-8)11(17)13-7(2)5-6-16/h7,16H,4-6H2,1-3H3,(H,13,17). The van der Waals surface area contributed by atoms with Gasteiger partial charge in [0.2, 0.25) is 0 Å². The zero-order valence-electron chi connectivity index (χ0n) is 10.3. The number of nitrogens with zero attached hydrogens (tertiary/aromatic N) is 2. The molecule has 96 valence electrons. The zero-order chi connectivity index (χ0) is 13.0. The smallest absolute Gasteiger partial charge is 0.256 e. The molecule has 0 fully saturated rings. The minimum Gasteiger partial charge on any atom is -0.396 e. The van der Waals surface area contributed by atoms with Crippen molar-refractivity contribution in [3.05, 3.63) is 16.4 Å². The lowest BCUT2D eigenvalue weighted by molar-refractivity contribution is 0.0933. The molecule has 1 unspecified atom stereocenters. The highest BCUT2D eigenvalue weighted by Crippen LogP contribution is 2.19. The number of aryl methyl sites for hydroxylation is 2. The molecule has 1 aromatic heterocycles. The van der Waals surface area contributed by atoms with E-state index in [0.29, 0.717) is 29.3 Å². The fourth-order valence-electron chi connectivity index (χ4n) is 1.59. The van der Waals surface area contributed by atoms with E-state index in [1.165, 1.54) is 4.68 Å². The topological polar surface area (TPSA) is 67.2 Å². The van der Waals surface area contributed by atoms with Crippen LogP contribution in [0, 0.1) is 0 Å². The molecule has 0 aromatic carbocycles. The summed E-state index contributed by atoms with van der Waals surface area (Å²) in [7, 11) is 1.70. The Bertz CT molecular complexity index is 404. The number of carbonyl (C=O) groups excluding carboxylic acids is 1. The molecule has 1 aromatic rings. The van der Waals surface area contributed by atoms with Crippen LogP contribution in [0.2, 0.25) is 5.15 Å². The lowest BCUT2D eigenvalue weighted by Gasteiger charge is -2.12. The van der Waals surface area contributed by atoms with E-state index in [1.807, 2.05) is 13.8 Å². The molecule has 1 amide bonds. The maximum absolute atomic E-state index is 12.0. The van der Waals surface area contributed by atoms with Crippen LogP contribution in [0.5, 0.6) is 0 Å². The molecule has 0 saturated heterocycles. The van der Waals surface area contributed by atoms with Crippen molar-refractivity contribution in [1.29, 1.82) is 0 Å². The number of hydrogen-bond donors (Lipinski definition) is 2. The first-order valence-corrected chi connectivity index (χ1v) is 6.02. The van der Waals surface area contributed by atoms with Gasteiger partial charge in [0, 0.05) is 19.7 Å². The van der Waals surface area contributed by atoms with Gasteiger partial charge in [-0.25, -0.2) is 0 Å². The first-order chi connectivity index (χ1) is 8.01. The van der Waals surface area contributed by atoms with Gasteiger partial charge in [0.15, 0.2) is 0 Å². The van der Waals surface area contributed by atoms with Crippen molar-refractivity contribution in [3.63, 3.8) is 0 Å². The SMILES string of the molecule is CCc1nn(C)c(Cl)c1C(=O)NC(C)CCO. The molecule has 0 spiro atoms. The average molecular weight is 260 g/mol. The van der Waals surface area contributed by atoms with Gasteiger partial charge in [-0.05, 0) is 19.8 Å². The van der Waals surface area contributed by atoms with Crippen LogP contribution in [0.25, 0.3) is 0 Å². The van der Waals surface area contributed by atoms with Crippen molar-refractivity contribution in [3.8, 4) is 0 Å². The first-order valence-electron chi connectivity index (χ1n) is 5.64. The summed E-state index contributed by atoms with van der Waals surface area (Å²) in [6.07, 6.45) is 1.17. The van der Waals surface area contributed by atoms with Gasteiger partial charge in [-0.15, -0.1) is 0 Å². The van der Waals surface area contributed by atoms with Crippen molar-refractivity contribution in [2.45, 2.75) is 32.7 Å². The summed E-state index contributed by atoms with van der Waals surface area (Å²) in [5, 5.41) is 16.1. The molecule has 6 heteroatoms. The van der Waals surface area contributed by atoms with E-state index in [1.54, 1.807) is 7.05 Å². The van der Waals surface area contributed by atoms with Crippen LogP contribution in [0.1, 0.15) is 36.3 Å². The number of aliphatic hydroxyl groups is 1. The van der Waals surface area contributed by atoms with Crippen LogP contribution in [-0.4, -0.2) is 33.4 Å². The number of rotatable bonds is 5. The van der Waals surface area contributed by atoms with Gasteiger partial charge in [-0.3, -0.25) is 9.48 Å². The number of nitrogens with one attached hydrogen (secondary N) is 1. The molecule has 0 saturated carbocycles. The molecule has 0 aliphatic carbocycles. The first kappa shape index (κ1) is 14.0. The number of carbonyl (C=O) groups is 1. The largest absolute Gasteiger partial charge is 0.396 e. The molecular formula is C11H18ClN3O2. The minimum atomic E-state index is -0.235. The number of halogens is 1. The number of hydrogen-bond acceptors (Lipinski definition) is 3. The molecular weight excluding hydrogens is 242 g/mol. The van der Waals surface area contributed by atoms with Crippen molar-refractivity contribution < 1.29 is 9.90 Å². The van der Waals surface area contributed by atoms with Gasteiger partial charge < -0.3 is 10.4 Å². The second kappa shape index (κ2) is 6.02. The lowest BCUT2D eigenvalue weighted by atomic mass is 10.1. The van der Waals surface area contributed by atoms with Crippen LogP contribution in [0.15, 0.2) is 0 Å². The van der Waals surface area contributed by atoms with Gasteiger partial charge in [-0.2, -0.15) is 5.10 Å². The fraction of sp³-hybridized carbons (Fsp3) is 0.636. The molecule has 5 nitrogen and oxygen atoms in total. The van der Waals surface area contributed by atoms with E-state index in [0.717, 1.165) is 0 Å². The van der Waals surface area contributed by atoms with Crippen molar-refractivity contribution in [1.82, 2.24) is 15.1 Å². The molecule has 0 radical (unpaired) electrons. The van der Waals surface area contributed by atoms with Crippen LogP contribution in [0.4, 0.5) is 0 Å². The maximum atomic E-state index is 12.0. The number of aromatic nitrogens is 2. The Balaban J connectivity index is 2.88. The lowest BCUT2D eigenvalue weighted by Crippen LogP contribution is -2.33. The van der Waals surface area contributed by atoms with Crippen LogP contribution in [-0.2, 0) is 13.5 Å². The molecule has 1 heterocycles. The monoisotopic (exact) mass is 259 g/mol. The second-order valence-corrected chi connectivity index (χ2v) is 4.33. The van der Waals surface area contributed by atoms with Crippen molar-refractivity contribution in [2.24, 2.45) is 7.05 Å². The van der Waals surface area contributed by atoms with Crippen molar-refractivity contribution in [2.75, 3.05) is 6.61 Å². The minimum absolute atomic E-state index is 0.0445. The summed E-state index contributed by atoms with van der Waals surface area (Å²) < 4.78 is 1.49. The molecule has 1 atom stereocenters. The van der Waals surface area contributed by atoms with Crippen LogP contribution < -0.4 is 5.32 Å². The molecule has 0 aliphatic heterocycles. The second-order valence-electron chi connectivity index (χ2n) is 3.98. The van der Waals surface area contributed by atoms with Gasteiger partial charge >= 0.3 is 0 Å². The number of aliphatic hydroxyl groups excluding tert-OH is 1. The third-order valence-corrected chi connectivity index (χ3v) is 2.98. The van der Waals surface area contributed by atoms with E-state index < -0.39 is 0 Å². The van der Waals surface area contributed by atoms with Crippen molar-refractivity contribution >= 4 is 17.5 Å². The summed E-state index contributed by atoms with van der Waals surface area (Å²) in [4.78, 5) is 12.0. The Labute approximate surface area is 106 Å². The Morgan fingerprint density at radius 1 is 1.65 bits per heavy atom. The Morgan fingerprint density at radius 3 is 2.82 bits per heavy atom. The summed E-state index contributed by atoms with van der Waals surface area (Å²) >= 11 is 6.04. The molecule has 0 aliphatic rings.